The van der Waals surface area contributed by atoms with E-state index in [2.05, 4.69) is 31.6 Å². The molecule has 3 rings (SSSR count). The molecule has 1 aliphatic heterocycles. The van der Waals surface area contributed by atoms with Crippen molar-refractivity contribution in [2.75, 3.05) is 26.7 Å². The first-order valence-electron chi connectivity index (χ1n) is 7.72. The number of benzene rings is 1. The fourth-order valence-corrected chi connectivity index (χ4v) is 3.39. The molecule has 1 saturated heterocycles. The Morgan fingerprint density at radius 2 is 2.25 bits per heavy atom. The number of halogens is 2. The highest BCUT2D eigenvalue weighted by molar-refractivity contribution is 9.10. The van der Waals surface area contributed by atoms with Gasteiger partial charge < -0.3 is 10.2 Å². The second kappa shape index (κ2) is 8.09. The monoisotopic (exact) mass is 413 g/mol. The highest BCUT2D eigenvalue weighted by atomic mass is 79.9. The van der Waals surface area contributed by atoms with Crippen LogP contribution in [0, 0.1) is 12.8 Å². The van der Waals surface area contributed by atoms with Gasteiger partial charge in [-0.05, 0) is 51.1 Å². The van der Waals surface area contributed by atoms with Gasteiger partial charge in [0, 0.05) is 17.6 Å². The van der Waals surface area contributed by atoms with E-state index in [1.807, 2.05) is 43.1 Å². The molecule has 0 spiro atoms. The summed E-state index contributed by atoms with van der Waals surface area (Å²) in [6, 6.07) is 7.78. The summed E-state index contributed by atoms with van der Waals surface area (Å²) in [7, 11) is 1.94. The number of carbonyl (C=O) groups is 1. The Balaban J connectivity index is 0.00000208. The largest absolute Gasteiger partial charge is 0.337 e. The van der Waals surface area contributed by atoms with Crippen LogP contribution in [0.1, 0.15) is 22.6 Å². The number of amides is 1. The van der Waals surface area contributed by atoms with Gasteiger partial charge in [-0.15, -0.1) is 17.5 Å². The van der Waals surface area contributed by atoms with Crippen LogP contribution in [-0.4, -0.2) is 52.5 Å². The number of nitrogens with zero attached hydrogens (tertiary/aromatic N) is 4. The van der Waals surface area contributed by atoms with Crippen LogP contribution in [0.25, 0.3) is 5.69 Å². The Bertz CT molecular complexity index is 720. The Morgan fingerprint density at radius 1 is 1.46 bits per heavy atom. The first-order chi connectivity index (χ1) is 11.1. The van der Waals surface area contributed by atoms with Crippen molar-refractivity contribution in [2.24, 2.45) is 5.92 Å². The molecule has 0 bridgehead atoms. The molecule has 130 valence electrons. The maximum absolute atomic E-state index is 12.7. The molecule has 0 saturated carbocycles. The van der Waals surface area contributed by atoms with Crippen molar-refractivity contribution in [3.63, 3.8) is 0 Å². The summed E-state index contributed by atoms with van der Waals surface area (Å²) in [5.74, 6) is 0.492. The molecular weight excluding hydrogens is 394 g/mol. The van der Waals surface area contributed by atoms with E-state index < -0.39 is 0 Å². The van der Waals surface area contributed by atoms with E-state index in [9.17, 15) is 4.79 Å². The standard InChI is InChI=1S/C16H20BrN5O.ClH/c1-11-15(16(23)21-7-6-12(10-21)9-18-2)19-20-22(11)14-5-3-4-13(17)8-14;/h3-5,8,12,18H,6-7,9-10H2,1-2H3;1H. The van der Waals surface area contributed by atoms with E-state index in [4.69, 9.17) is 0 Å². The number of nitrogens with one attached hydrogen (secondary N) is 1. The molecule has 2 heterocycles. The molecule has 2 aromatic rings. The molecule has 1 atom stereocenters. The highest BCUT2D eigenvalue weighted by Gasteiger charge is 2.29. The highest BCUT2D eigenvalue weighted by Crippen LogP contribution is 2.21. The van der Waals surface area contributed by atoms with E-state index in [0.29, 0.717) is 11.6 Å². The van der Waals surface area contributed by atoms with Gasteiger partial charge in [0.25, 0.3) is 5.91 Å². The maximum Gasteiger partial charge on any atom is 0.276 e. The summed E-state index contributed by atoms with van der Waals surface area (Å²) in [5.41, 5.74) is 2.10. The van der Waals surface area contributed by atoms with Crippen molar-refractivity contribution >= 4 is 34.2 Å². The second-order valence-corrected chi connectivity index (χ2v) is 6.79. The Labute approximate surface area is 156 Å². The van der Waals surface area contributed by atoms with Crippen LogP contribution < -0.4 is 5.32 Å². The molecule has 1 amide bonds. The number of likely N-dealkylation sites (tertiary alicyclic amines) is 1. The number of carbonyl (C=O) groups excluding carboxylic acids is 1. The van der Waals surface area contributed by atoms with Crippen LogP contribution in [0.15, 0.2) is 28.7 Å². The fraction of sp³-hybridized carbons (Fsp3) is 0.438. The Kier molecular flexibility index (Phi) is 6.37. The van der Waals surface area contributed by atoms with Gasteiger partial charge in [-0.1, -0.05) is 27.2 Å². The van der Waals surface area contributed by atoms with Gasteiger partial charge >= 0.3 is 0 Å². The van der Waals surface area contributed by atoms with Gasteiger partial charge in [0.2, 0.25) is 0 Å². The van der Waals surface area contributed by atoms with Gasteiger partial charge in [0.05, 0.1) is 11.4 Å². The van der Waals surface area contributed by atoms with Gasteiger partial charge in [-0.2, -0.15) is 0 Å². The lowest BCUT2D eigenvalue weighted by molar-refractivity contribution is 0.0780. The van der Waals surface area contributed by atoms with Crippen molar-refractivity contribution < 1.29 is 4.79 Å². The molecule has 6 nitrogen and oxygen atoms in total. The lowest BCUT2D eigenvalue weighted by atomic mass is 10.1. The normalized spacial score (nSPS) is 17.0. The first-order valence-corrected chi connectivity index (χ1v) is 8.51. The number of hydrogen-bond donors (Lipinski definition) is 1. The number of aromatic nitrogens is 3. The van der Waals surface area contributed by atoms with Gasteiger partial charge in [-0.3, -0.25) is 4.79 Å². The topological polar surface area (TPSA) is 63.1 Å². The van der Waals surface area contributed by atoms with Crippen LogP contribution in [0.5, 0.6) is 0 Å². The summed E-state index contributed by atoms with van der Waals surface area (Å²) < 4.78 is 2.67. The van der Waals surface area contributed by atoms with Crippen molar-refractivity contribution in [3.8, 4) is 5.69 Å². The summed E-state index contributed by atoms with van der Waals surface area (Å²) in [5, 5.41) is 11.5. The first kappa shape index (κ1) is 18.9. The van der Waals surface area contributed by atoms with Crippen LogP contribution >= 0.6 is 28.3 Å². The van der Waals surface area contributed by atoms with Crippen molar-refractivity contribution in [3.05, 3.63) is 40.1 Å². The van der Waals surface area contributed by atoms with E-state index in [-0.39, 0.29) is 18.3 Å². The third-order valence-electron chi connectivity index (χ3n) is 4.22. The molecule has 0 aliphatic carbocycles. The van der Waals surface area contributed by atoms with Crippen LogP contribution in [-0.2, 0) is 0 Å². The minimum absolute atomic E-state index is 0. The number of hydrogen-bond acceptors (Lipinski definition) is 4. The van der Waals surface area contributed by atoms with E-state index in [1.165, 1.54) is 0 Å². The van der Waals surface area contributed by atoms with Gasteiger partial charge in [0.1, 0.15) is 0 Å². The maximum atomic E-state index is 12.7. The molecule has 1 unspecified atom stereocenters. The van der Waals surface area contributed by atoms with Crippen LogP contribution in [0.2, 0.25) is 0 Å². The van der Waals surface area contributed by atoms with E-state index in [1.54, 1.807) is 4.68 Å². The summed E-state index contributed by atoms with van der Waals surface area (Å²) in [6.45, 7) is 4.39. The average molecular weight is 415 g/mol. The zero-order chi connectivity index (χ0) is 16.4. The van der Waals surface area contributed by atoms with Gasteiger partial charge in [0.15, 0.2) is 5.69 Å². The smallest absolute Gasteiger partial charge is 0.276 e. The minimum atomic E-state index is -0.0256. The molecule has 1 N–H and O–H groups in total. The molecule has 8 heteroatoms. The molecule has 1 fully saturated rings. The molecule has 1 aromatic carbocycles. The zero-order valence-electron chi connectivity index (χ0n) is 13.7. The van der Waals surface area contributed by atoms with Crippen molar-refractivity contribution in [1.82, 2.24) is 25.2 Å². The second-order valence-electron chi connectivity index (χ2n) is 5.88. The predicted octanol–water partition coefficient (Wildman–Crippen LogP) is 2.44. The average Bonchev–Trinajstić information content (AvgIpc) is 3.14. The third kappa shape index (κ3) is 3.79. The van der Waals surface area contributed by atoms with Crippen LogP contribution in [0.4, 0.5) is 0 Å². The molecule has 1 aliphatic rings. The zero-order valence-corrected chi connectivity index (χ0v) is 16.1. The molecular formula is C16H21BrClN5O. The molecule has 1 aromatic heterocycles. The lowest BCUT2D eigenvalue weighted by Gasteiger charge is -2.15. The Hall–Kier alpha value is -1.44. The molecule has 24 heavy (non-hydrogen) atoms. The SMILES string of the molecule is CNCC1CCN(C(=O)c2nnn(-c3cccc(Br)c3)c2C)C1.Cl. The Morgan fingerprint density at radius 3 is 2.96 bits per heavy atom. The predicted molar refractivity (Wildman–Crippen MR) is 99.0 cm³/mol. The summed E-state index contributed by atoms with van der Waals surface area (Å²) in [4.78, 5) is 14.6. The number of rotatable bonds is 4. The lowest BCUT2D eigenvalue weighted by Crippen LogP contribution is -2.31. The van der Waals surface area contributed by atoms with E-state index in [0.717, 1.165) is 41.9 Å². The van der Waals surface area contributed by atoms with Crippen LogP contribution in [0.3, 0.4) is 0 Å². The quantitative estimate of drug-likeness (QED) is 0.835. The minimum Gasteiger partial charge on any atom is -0.337 e. The van der Waals surface area contributed by atoms with Crippen molar-refractivity contribution in [1.29, 1.82) is 0 Å². The van der Waals surface area contributed by atoms with Crippen molar-refractivity contribution in [2.45, 2.75) is 13.3 Å². The molecule has 0 radical (unpaired) electrons. The third-order valence-corrected chi connectivity index (χ3v) is 4.71. The van der Waals surface area contributed by atoms with Gasteiger partial charge in [-0.25, -0.2) is 4.68 Å². The summed E-state index contributed by atoms with van der Waals surface area (Å²) in [6.07, 6.45) is 1.03. The van der Waals surface area contributed by atoms with E-state index >= 15 is 0 Å². The summed E-state index contributed by atoms with van der Waals surface area (Å²) >= 11 is 3.45. The fourth-order valence-electron chi connectivity index (χ4n) is 3.00.